The molecule has 0 aliphatic heterocycles. The molecular formula is C11H15ClO2S. The second kappa shape index (κ2) is 3.80. The van der Waals surface area contributed by atoms with Crippen molar-refractivity contribution in [3.63, 3.8) is 0 Å². The highest BCUT2D eigenvalue weighted by Crippen LogP contribution is 2.33. The lowest BCUT2D eigenvalue weighted by molar-refractivity contribution is 0.570. The fourth-order valence-corrected chi connectivity index (χ4v) is 1.93. The Hall–Kier alpha value is -0.540. The Balaban J connectivity index is 3.35. The van der Waals surface area contributed by atoms with Gasteiger partial charge in [0.25, 0.3) is 0 Å². The fraction of sp³-hybridized carbons (Fsp3) is 0.455. The summed E-state index contributed by atoms with van der Waals surface area (Å²) in [5.41, 5.74) is 2.93. The largest absolute Gasteiger partial charge is 0.241 e. The Kier molecular flexibility index (Phi) is 3.17. The van der Waals surface area contributed by atoms with Gasteiger partial charge in [0.15, 0.2) is 0 Å². The van der Waals surface area contributed by atoms with E-state index >= 15 is 0 Å². The maximum atomic E-state index is 11.4. The van der Waals surface area contributed by atoms with E-state index in [2.05, 4.69) is 0 Å². The number of halogens is 1. The predicted octanol–water partition coefficient (Wildman–Crippen LogP) is 3.11. The summed E-state index contributed by atoms with van der Waals surface area (Å²) in [7, 11) is 1.81. The molecule has 15 heavy (non-hydrogen) atoms. The van der Waals surface area contributed by atoms with Crippen LogP contribution in [0.4, 0.5) is 0 Å². The zero-order chi connectivity index (χ0) is 11.9. The van der Waals surface area contributed by atoms with Crippen molar-refractivity contribution >= 4 is 19.7 Å². The number of rotatable bonds is 2. The van der Waals surface area contributed by atoms with Gasteiger partial charge in [0.2, 0.25) is 9.05 Å². The molecule has 0 aromatic heterocycles. The van der Waals surface area contributed by atoms with Crippen LogP contribution in [-0.4, -0.2) is 8.42 Å². The van der Waals surface area contributed by atoms with Crippen LogP contribution in [0, 0.1) is 13.8 Å². The molecule has 4 heteroatoms. The van der Waals surface area contributed by atoms with Gasteiger partial charge in [0, 0.05) is 10.7 Å². The van der Waals surface area contributed by atoms with Crippen LogP contribution in [-0.2, 0) is 13.8 Å². The molecule has 0 radical (unpaired) electrons. The SMILES string of the molecule is Cc1ccc(C(C)(C)S(=O)(=O)Cl)cc1C. The highest BCUT2D eigenvalue weighted by molar-refractivity contribution is 8.14. The Bertz CT molecular complexity index is 475. The summed E-state index contributed by atoms with van der Waals surface area (Å²) in [5.74, 6) is 0. The van der Waals surface area contributed by atoms with Crippen molar-refractivity contribution in [1.29, 1.82) is 0 Å². The lowest BCUT2D eigenvalue weighted by Crippen LogP contribution is -2.24. The quantitative estimate of drug-likeness (QED) is 0.752. The number of hydrogen-bond acceptors (Lipinski definition) is 2. The Morgan fingerprint density at radius 2 is 1.67 bits per heavy atom. The van der Waals surface area contributed by atoms with E-state index in [1.165, 1.54) is 0 Å². The molecular weight excluding hydrogens is 232 g/mol. The normalized spacial score (nSPS) is 12.9. The summed E-state index contributed by atoms with van der Waals surface area (Å²) < 4.78 is 21.8. The van der Waals surface area contributed by atoms with Gasteiger partial charge in [-0.15, -0.1) is 0 Å². The molecule has 0 atom stereocenters. The molecule has 0 saturated carbocycles. The highest BCUT2D eigenvalue weighted by Gasteiger charge is 2.34. The smallest absolute Gasteiger partial charge is 0.211 e. The molecule has 1 rings (SSSR count). The van der Waals surface area contributed by atoms with Gasteiger partial charge in [0.05, 0.1) is 0 Å². The average molecular weight is 247 g/mol. The summed E-state index contributed by atoms with van der Waals surface area (Å²) in [6.07, 6.45) is 0. The lowest BCUT2D eigenvalue weighted by atomic mass is 9.98. The first-order valence-electron chi connectivity index (χ1n) is 4.68. The maximum Gasteiger partial charge on any atom is 0.241 e. The molecule has 2 nitrogen and oxygen atoms in total. The summed E-state index contributed by atoms with van der Waals surface area (Å²) in [6.45, 7) is 7.16. The summed E-state index contributed by atoms with van der Waals surface area (Å²) in [5, 5.41) is 0. The minimum atomic E-state index is -3.61. The zero-order valence-electron chi connectivity index (χ0n) is 9.33. The number of hydrogen-bond donors (Lipinski definition) is 0. The standard InChI is InChI=1S/C11H15ClO2S/c1-8-5-6-10(7-9(8)2)11(3,4)15(12,13)14/h5-7H,1-4H3. The van der Waals surface area contributed by atoms with Gasteiger partial charge in [-0.2, -0.15) is 0 Å². The molecule has 0 bridgehead atoms. The Morgan fingerprint density at radius 3 is 2.07 bits per heavy atom. The van der Waals surface area contributed by atoms with Gasteiger partial charge in [-0.1, -0.05) is 18.2 Å². The predicted molar refractivity (Wildman–Crippen MR) is 63.7 cm³/mol. The van der Waals surface area contributed by atoms with E-state index < -0.39 is 13.8 Å². The maximum absolute atomic E-state index is 11.4. The van der Waals surface area contributed by atoms with E-state index in [4.69, 9.17) is 10.7 Å². The highest BCUT2D eigenvalue weighted by atomic mass is 35.7. The van der Waals surface area contributed by atoms with E-state index in [1.54, 1.807) is 13.8 Å². The van der Waals surface area contributed by atoms with Crippen LogP contribution in [0.15, 0.2) is 18.2 Å². The summed E-state index contributed by atoms with van der Waals surface area (Å²) >= 11 is 0. The molecule has 0 spiro atoms. The molecule has 0 unspecified atom stereocenters. The van der Waals surface area contributed by atoms with E-state index in [0.717, 1.165) is 16.7 Å². The van der Waals surface area contributed by atoms with Crippen LogP contribution in [0.25, 0.3) is 0 Å². The average Bonchev–Trinajstić information content (AvgIpc) is 2.07. The van der Waals surface area contributed by atoms with Crippen molar-refractivity contribution < 1.29 is 8.42 Å². The first-order chi connectivity index (χ1) is 6.66. The van der Waals surface area contributed by atoms with Gasteiger partial charge < -0.3 is 0 Å². The van der Waals surface area contributed by atoms with Crippen LogP contribution >= 0.6 is 10.7 Å². The Labute approximate surface area is 95.7 Å². The van der Waals surface area contributed by atoms with Crippen molar-refractivity contribution in [2.24, 2.45) is 0 Å². The molecule has 0 amide bonds. The third-order valence-electron chi connectivity index (χ3n) is 2.81. The minimum Gasteiger partial charge on any atom is -0.211 e. The molecule has 1 aromatic carbocycles. The van der Waals surface area contributed by atoms with Crippen molar-refractivity contribution in [3.05, 3.63) is 34.9 Å². The van der Waals surface area contributed by atoms with Crippen molar-refractivity contribution in [2.45, 2.75) is 32.4 Å². The first kappa shape index (κ1) is 12.5. The molecule has 0 heterocycles. The van der Waals surface area contributed by atoms with Gasteiger partial charge in [-0.05, 0) is 44.4 Å². The minimum absolute atomic E-state index is 0.723. The van der Waals surface area contributed by atoms with Gasteiger partial charge in [0.1, 0.15) is 4.75 Å². The molecule has 1 aromatic rings. The van der Waals surface area contributed by atoms with E-state index in [-0.39, 0.29) is 0 Å². The summed E-state index contributed by atoms with van der Waals surface area (Å²) in [4.78, 5) is 0. The van der Waals surface area contributed by atoms with Crippen molar-refractivity contribution in [3.8, 4) is 0 Å². The summed E-state index contributed by atoms with van der Waals surface area (Å²) in [6, 6.07) is 5.59. The van der Waals surface area contributed by atoms with Gasteiger partial charge in [-0.3, -0.25) is 0 Å². The first-order valence-corrected chi connectivity index (χ1v) is 6.99. The monoisotopic (exact) mass is 246 g/mol. The number of benzene rings is 1. The van der Waals surface area contributed by atoms with Crippen LogP contribution in [0.2, 0.25) is 0 Å². The number of aryl methyl sites for hydroxylation is 2. The Morgan fingerprint density at radius 1 is 1.13 bits per heavy atom. The molecule has 0 fully saturated rings. The second-order valence-corrected chi connectivity index (χ2v) is 7.36. The fourth-order valence-electron chi connectivity index (χ4n) is 1.26. The molecule has 0 N–H and O–H groups in total. The zero-order valence-corrected chi connectivity index (χ0v) is 10.9. The third kappa shape index (κ3) is 2.34. The third-order valence-corrected chi connectivity index (χ3v) is 5.42. The van der Waals surface area contributed by atoms with E-state index in [0.29, 0.717) is 0 Å². The lowest BCUT2D eigenvalue weighted by Gasteiger charge is -2.22. The molecule has 0 saturated heterocycles. The van der Waals surface area contributed by atoms with Gasteiger partial charge >= 0.3 is 0 Å². The van der Waals surface area contributed by atoms with Crippen LogP contribution in [0.1, 0.15) is 30.5 Å². The van der Waals surface area contributed by atoms with Gasteiger partial charge in [-0.25, -0.2) is 8.42 Å². The van der Waals surface area contributed by atoms with Crippen LogP contribution in [0.3, 0.4) is 0 Å². The van der Waals surface area contributed by atoms with Crippen molar-refractivity contribution in [2.75, 3.05) is 0 Å². The van der Waals surface area contributed by atoms with Crippen molar-refractivity contribution in [1.82, 2.24) is 0 Å². The molecule has 84 valence electrons. The second-order valence-electron chi connectivity index (χ2n) is 4.25. The molecule has 0 aliphatic rings. The molecule has 0 aliphatic carbocycles. The van der Waals surface area contributed by atoms with E-state index in [9.17, 15) is 8.42 Å². The van der Waals surface area contributed by atoms with Crippen LogP contribution in [0.5, 0.6) is 0 Å². The van der Waals surface area contributed by atoms with E-state index in [1.807, 2.05) is 32.0 Å². The topological polar surface area (TPSA) is 34.1 Å². The van der Waals surface area contributed by atoms with Crippen LogP contribution < -0.4 is 0 Å².